The van der Waals surface area contributed by atoms with Gasteiger partial charge in [0.15, 0.2) is 11.6 Å². The Hall–Kier alpha value is -5.22. The lowest BCUT2D eigenvalue weighted by atomic mass is 9.98. The van der Waals surface area contributed by atoms with Gasteiger partial charge in [-0.2, -0.15) is 0 Å². The molecule has 0 amide bonds. The molecule has 0 unspecified atom stereocenters. The van der Waals surface area contributed by atoms with Crippen molar-refractivity contribution >= 4 is 11.0 Å². The highest BCUT2D eigenvalue weighted by Crippen LogP contribution is 2.47. The minimum atomic E-state index is -0.609. The molecule has 1 aliphatic heterocycles. The van der Waals surface area contributed by atoms with E-state index in [4.69, 9.17) is 28.3 Å². The molecule has 0 bridgehead atoms. The zero-order valence-electron chi connectivity index (χ0n) is 24.2. The quantitative estimate of drug-likeness (QED) is 0.171. The van der Waals surface area contributed by atoms with Crippen molar-refractivity contribution in [2.75, 3.05) is 20.3 Å². The van der Waals surface area contributed by atoms with Crippen molar-refractivity contribution in [2.24, 2.45) is 0 Å². The van der Waals surface area contributed by atoms with Crippen LogP contribution in [0.15, 0.2) is 95.7 Å². The summed E-state index contributed by atoms with van der Waals surface area (Å²) in [6.45, 7) is 3.25. The van der Waals surface area contributed by atoms with Gasteiger partial charge < -0.3 is 27.9 Å². The van der Waals surface area contributed by atoms with Crippen molar-refractivity contribution < 1.29 is 27.8 Å². The molecule has 222 valence electrons. The summed E-state index contributed by atoms with van der Waals surface area (Å²) in [5.74, 6) is 0.610. The molecule has 0 N–H and O–H groups in total. The Morgan fingerprint density at radius 3 is 2.16 bits per heavy atom. The first kappa shape index (κ1) is 27.6. The standard InChI is InChI=1S/C34H29FN4O5/c1-34(19-41-20-34)39-27-15-24(33-38-36-21-44-33)13-14-26(27)37-32(39)25-16-28(40-2)30(42-17-22-9-5-3-6-10-22)31(29(25)35)43-18-23-11-7-4-8-12-23/h3-16,21H,17-20H2,1-2H3. The van der Waals surface area contributed by atoms with Gasteiger partial charge in [0.1, 0.15) is 19.0 Å². The van der Waals surface area contributed by atoms with Crippen molar-refractivity contribution in [3.63, 3.8) is 0 Å². The zero-order chi connectivity index (χ0) is 30.1. The Morgan fingerprint density at radius 1 is 0.886 bits per heavy atom. The first-order chi connectivity index (χ1) is 21.5. The third kappa shape index (κ3) is 5.03. The van der Waals surface area contributed by atoms with E-state index in [0.29, 0.717) is 36.2 Å². The zero-order valence-corrected chi connectivity index (χ0v) is 24.2. The molecule has 44 heavy (non-hydrogen) atoms. The maximum Gasteiger partial charge on any atom is 0.247 e. The Kier molecular flexibility index (Phi) is 7.19. The predicted molar refractivity (Wildman–Crippen MR) is 161 cm³/mol. The van der Waals surface area contributed by atoms with Crippen LogP contribution in [0.5, 0.6) is 17.2 Å². The topological polar surface area (TPSA) is 93.7 Å². The van der Waals surface area contributed by atoms with E-state index in [-0.39, 0.29) is 30.3 Å². The molecule has 0 aliphatic carbocycles. The average Bonchev–Trinajstić information content (AvgIpc) is 3.72. The molecule has 9 nitrogen and oxygen atoms in total. The molecular weight excluding hydrogens is 563 g/mol. The number of benzene rings is 4. The molecule has 4 aromatic carbocycles. The molecular formula is C34H29FN4O5. The number of hydrogen-bond acceptors (Lipinski definition) is 8. The number of ether oxygens (including phenoxy) is 4. The minimum absolute atomic E-state index is 0.0562. The Morgan fingerprint density at radius 2 is 1.57 bits per heavy atom. The summed E-state index contributed by atoms with van der Waals surface area (Å²) in [6, 6.07) is 26.5. The van der Waals surface area contributed by atoms with Crippen LogP contribution in [-0.2, 0) is 23.5 Å². The fraction of sp³-hybridized carbons (Fsp3) is 0.206. The number of fused-ring (bicyclic) bond motifs is 1. The number of aromatic nitrogens is 4. The van der Waals surface area contributed by atoms with Crippen LogP contribution in [0.1, 0.15) is 18.1 Å². The molecule has 10 heteroatoms. The van der Waals surface area contributed by atoms with Crippen molar-refractivity contribution in [1.29, 1.82) is 0 Å². The van der Waals surface area contributed by atoms with E-state index >= 15 is 4.39 Å². The number of nitrogens with zero attached hydrogens (tertiary/aromatic N) is 4. The summed E-state index contributed by atoms with van der Waals surface area (Å²) < 4.78 is 48.2. The third-order valence-electron chi connectivity index (χ3n) is 7.68. The highest BCUT2D eigenvalue weighted by Gasteiger charge is 2.40. The lowest BCUT2D eigenvalue weighted by Gasteiger charge is -2.41. The van der Waals surface area contributed by atoms with Gasteiger partial charge in [-0.3, -0.25) is 0 Å². The van der Waals surface area contributed by atoms with Crippen LogP contribution in [0.25, 0.3) is 33.9 Å². The minimum Gasteiger partial charge on any atom is -0.493 e. The van der Waals surface area contributed by atoms with E-state index < -0.39 is 11.4 Å². The highest BCUT2D eigenvalue weighted by molar-refractivity contribution is 5.85. The SMILES string of the molecule is COc1cc(-c2nc3ccc(-c4nnco4)cc3n2C2(C)COC2)c(F)c(OCc2ccccc2)c1OCc1ccccc1. The van der Waals surface area contributed by atoms with Gasteiger partial charge in [0.2, 0.25) is 23.8 Å². The maximum absolute atomic E-state index is 16.9. The molecule has 1 fully saturated rings. The van der Waals surface area contributed by atoms with Gasteiger partial charge in [-0.05, 0) is 42.3 Å². The van der Waals surface area contributed by atoms with Crippen LogP contribution < -0.4 is 14.2 Å². The van der Waals surface area contributed by atoms with Crippen LogP contribution in [0, 0.1) is 5.82 Å². The molecule has 0 atom stereocenters. The smallest absolute Gasteiger partial charge is 0.247 e. The number of rotatable bonds is 10. The van der Waals surface area contributed by atoms with Crippen molar-refractivity contribution in [3.05, 3.63) is 108 Å². The van der Waals surface area contributed by atoms with Crippen LogP contribution in [0.4, 0.5) is 4.39 Å². The molecule has 7 rings (SSSR count). The predicted octanol–water partition coefficient (Wildman–Crippen LogP) is 6.80. The highest BCUT2D eigenvalue weighted by atomic mass is 19.1. The number of imidazole rings is 1. The lowest BCUT2D eigenvalue weighted by molar-refractivity contribution is -0.0868. The molecule has 6 aromatic rings. The second kappa shape index (κ2) is 11.5. The van der Waals surface area contributed by atoms with E-state index in [2.05, 4.69) is 17.1 Å². The van der Waals surface area contributed by atoms with Crippen molar-refractivity contribution in [1.82, 2.24) is 19.7 Å². The maximum atomic E-state index is 16.9. The fourth-order valence-corrected chi connectivity index (χ4v) is 5.39. The first-order valence-corrected chi connectivity index (χ1v) is 14.2. The Bertz CT molecular complexity index is 1910. The van der Waals surface area contributed by atoms with Crippen LogP contribution in [-0.4, -0.2) is 40.1 Å². The lowest BCUT2D eigenvalue weighted by Crippen LogP contribution is -2.49. The van der Waals surface area contributed by atoms with Gasteiger partial charge in [0.05, 0.1) is 42.5 Å². The normalized spacial score (nSPS) is 13.9. The summed E-state index contributed by atoms with van der Waals surface area (Å²) in [7, 11) is 1.52. The van der Waals surface area contributed by atoms with Crippen LogP contribution in [0.2, 0.25) is 0 Å². The van der Waals surface area contributed by atoms with Crippen LogP contribution in [0.3, 0.4) is 0 Å². The number of methoxy groups -OCH3 is 1. The van der Waals surface area contributed by atoms with Gasteiger partial charge in [0, 0.05) is 5.56 Å². The van der Waals surface area contributed by atoms with Gasteiger partial charge in [-0.1, -0.05) is 60.7 Å². The summed E-state index contributed by atoms with van der Waals surface area (Å²) >= 11 is 0. The van der Waals surface area contributed by atoms with Gasteiger partial charge in [-0.15, -0.1) is 10.2 Å². The van der Waals surface area contributed by atoms with Crippen molar-refractivity contribution in [2.45, 2.75) is 25.7 Å². The molecule has 1 saturated heterocycles. The Balaban J connectivity index is 1.39. The van der Waals surface area contributed by atoms with E-state index in [1.165, 1.54) is 13.5 Å². The molecule has 0 saturated carbocycles. The van der Waals surface area contributed by atoms with Crippen LogP contribution >= 0.6 is 0 Å². The monoisotopic (exact) mass is 592 g/mol. The molecule has 0 spiro atoms. The van der Waals surface area contributed by atoms with E-state index in [0.717, 1.165) is 22.2 Å². The van der Waals surface area contributed by atoms with Gasteiger partial charge in [0.25, 0.3) is 0 Å². The van der Waals surface area contributed by atoms with E-state index in [9.17, 15) is 0 Å². The first-order valence-electron chi connectivity index (χ1n) is 14.2. The largest absolute Gasteiger partial charge is 0.493 e. The molecule has 2 aromatic heterocycles. The average molecular weight is 593 g/mol. The van der Waals surface area contributed by atoms with E-state index in [1.807, 2.05) is 83.4 Å². The molecule has 1 aliphatic rings. The second-order valence-electron chi connectivity index (χ2n) is 10.9. The summed E-state index contributed by atoms with van der Waals surface area (Å²) in [4.78, 5) is 4.92. The second-order valence-corrected chi connectivity index (χ2v) is 10.9. The summed E-state index contributed by atoms with van der Waals surface area (Å²) in [5, 5.41) is 7.85. The summed E-state index contributed by atoms with van der Waals surface area (Å²) in [5.41, 5.74) is 3.70. The Labute approximate surface area is 252 Å². The fourth-order valence-electron chi connectivity index (χ4n) is 5.39. The summed E-state index contributed by atoms with van der Waals surface area (Å²) in [6.07, 6.45) is 1.28. The van der Waals surface area contributed by atoms with Gasteiger partial charge >= 0.3 is 0 Å². The number of halogens is 1. The molecule has 0 radical (unpaired) electrons. The van der Waals surface area contributed by atoms with E-state index in [1.54, 1.807) is 6.07 Å². The molecule has 3 heterocycles. The third-order valence-corrected chi connectivity index (χ3v) is 7.68. The van der Waals surface area contributed by atoms with Crippen molar-refractivity contribution in [3.8, 4) is 40.1 Å². The van der Waals surface area contributed by atoms with Gasteiger partial charge in [-0.25, -0.2) is 9.37 Å². The number of hydrogen-bond donors (Lipinski definition) is 0.